The Hall–Kier alpha value is -2.38. The molecule has 124 valence electrons. The van der Waals surface area contributed by atoms with E-state index in [2.05, 4.69) is 0 Å². The molecule has 8 heteroatoms. The number of hydrogen-bond acceptors (Lipinski definition) is 2. The molecule has 0 radical (unpaired) electrons. The molecule has 2 rings (SSSR count). The zero-order chi connectivity index (χ0) is 17.5. The molecule has 0 aliphatic heterocycles. The van der Waals surface area contributed by atoms with Gasteiger partial charge in [-0.2, -0.15) is 26.3 Å². The van der Waals surface area contributed by atoms with Crippen molar-refractivity contribution in [1.82, 2.24) is 0 Å². The molecule has 4 N–H and O–H groups in total. The topological polar surface area (TPSA) is 52.0 Å². The summed E-state index contributed by atoms with van der Waals surface area (Å²) in [7, 11) is 0. The molecule has 0 aliphatic carbocycles. The van der Waals surface area contributed by atoms with Gasteiger partial charge in [0.15, 0.2) is 0 Å². The van der Waals surface area contributed by atoms with Gasteiger partial charge < -0.3 is 11.5 Å². The Morgan fingerprint density at radius 1 is 0.565 bits per heavy atom. The molecule has 0 spiro atoms. The molecule has 2 aromatic rings. The fraction of sp³-hybridized carbons (Fsp3) is 0.200. The van der Waals surface area contributed by atoms with Gasteiger partial charge in [0.05, 0.1) is 11.1 Å². The van der Waals surface area contributed by atoms with Crippen LogP contribution in [0.4, 0.5) is 37.7 Å². The molecular weight excluding hydrogens is 322 g/mol. The maximum atomic E-state index is 14.2. The SMILES string of the molecule is Nc1ccccc1C(F)(F)C(F)(F)C(F)(F)c1ccccc1N. The number of halogens is 6. The van der Waals surface area contributed by atoms with Crippen LogP contribution < -0.4 is 11.5 Å². The first kappa shape index (κ1) is 17.0. The second-order valence-electron chi connectivity index (χ2n) is 4.90. The van der Waals surface area contributed by atoms with Crippen LogP contribution >= 0.6 is 0 Å². The van der Waals surface area contributed by atoms with Crippen molar-refractivity contribution in [2.24, 2.45) is 0 Å². The third-order valence-corrected chi connectivity index (χ3v) is 3.39. The average Bonchev–Trinajstić information content (AvgIpc) is 2.47. The molecule has 0 heterocycles. The Morgan fingerprint density at radius 3 is 1.17 bits per heavy atom. The minimum Gasteiger partial charge on any atom is -0.398 e. The van der Waals surface area contributed by atoms with E-state index in [4.69, 9.17) is 11.5 Å². The minimum absolute atomic E-state index is 0.577. The Labute approximate surface area is 127 Å². The first-order valence-corrected chi connectivity index (χ1v) is 6.37. The zero-order valence-electron chi connectivity index (χ0n) is 11.5. The molecule has 0 atom stereocenters. The average molecular weight is 334 g/mol. The van der Waals surface area contributed by atoms with Crippen LogP contribution in [0.25, 0.3) is 0 Å². The largest absolute Gasteiger partial charge is 0.398 e. The first-order chi connectivity index (χ1) is 10.5. The molecule has 0 fully saturated rings. The third-order valence-electron chi connectivity index (χ3n) is 3.39. The van der Waals surface area contributed by atoms with Crippen LogP contribution in [0, 0.1) is 0 Å². The molecule has 2 nitrogen and oxygen atoms in total. The van der Waals surface area contributed by atoms with Crippen molar-refractivity contribution in [3.05, 3.63) is 59.7 Å². The lowest BCUT2D eigenvalue weighted by Gasteiger charge is -2.34. The van der Waals surface area contributed by atoms with E-state index >= 15 is 0 Å². The monoisotopic (exact) mass is 334 g/mol. The van der Waals surface area contributed by atoms with Crippen LogP contribution in [-0.2, 0) is 11.8 Å². The van der Waals surface area contributed by atoms with Gasteiger partial charge in [0.1, 0.15) is 0 Å². The second kappa shape index (κ2) is 5.36. The van der Waals surface area contributed by atoms with Crippen molar-refractivity contribution in [1.29, 1.82) is 0 Å². The van der Waals surface area contributed by atoms with Crippen molar-refractivity contribution in [3.8, 4) is 0 Å². The number of nitrogen functional groups attached to an aromatic ring is 2. The van der Waals surface area contributed by atoms with Crippen molar-refractivity contribution in [2.45, 2.75) is 17.8 Å². The molecule has 0 saturated carbocycles. The van der Waals surface area contributed by atoms with E-state index < -0.39 is 40.3 Å². The van der Waals surface area contributed by atoms with Crippen LogP contribution in [0.5, 0.6) is 0 Å². The minimum atomic E-state index is -5.75. The molecule has 2 aromatic carbocycles. The smallest absolute Gasteiger partial charge is 0.380 e. The quantitative estimate of drug-likeness (QED) is 0.644. The van der Waals surface area contributed by atoms with Crippen LogP contribution in [0.3, 0.4) is 0 Å². The standard InChI is InChI=1S/C15H12F6N2/c16-13(17,9-5-1-3-7-11(9)22)15(20,21)14(18,19)10-6-2-4-8-12(10)23/h1-8H,22-23H2. The number of alkyl halides is 6. The van der Waals surface area contributed by atoms with E-state index in [0.29, 0.717) is 12.1 Å². The van der Waals surface area contributed by atoms with E-state index in [9.17, 15) is 26.3 Å². The fourth-order valence-corrected chi connectivity index (χ4v) is 2.10. The summed E-state index contributed by atoms with van der Waals surface area (Å²) in [6, 6.07) is 7.46. The maximum Gasteiger partial charge on any atom is 0.380 e. The van der Waals surface area contributed by atoms with Gasteiger partial charge in [-0.3, -0.25) is 0 Å². The Kier molecular flexibility index (Phi) is 3.96. The summed E-state index contributed by atoms with van der Waals surface area (Å²) in [4.78, 5) is 0. The lowest BCUT2D eigenvalue weighted by atomic mass is 9.91. The Morgan fingerprint density at radius 2 is 0.870 bits per heavy atom. The van der Waals surface area contributed by atoms with Crippen LogP contribution in [0.1, 0.15) is 11.1 Å². The number of hydrogen-bond donors (Lipinski definition) is 2. The van der Waals surface area contributed by atoms with Gasteiger partial charge in [0.2, 0.25) is 0 Å². The van der Waals surface area contributed by atoms with Gasteiger partial charge in [0, 0.05) is 11.4 Å². The van der Waals surface area contributed by atoms with Crippen molar-refractivity contribution in [3.63, 3.8) is 0 Å². The maximum absolute atomic E-state index is 14.2. The van der Waals surface area contributed by atoms with Gasteiger partial charge in [-0.25, -0.2) is 0 Å². The Bertz CT molecular complexity index is 655. The number of anilines is 2. The van der Waals surface area contributed by atoms with Gasteiger partial charge in [-0.15, -0.1) is 0 Å². The van der Waals surface area contributed by atoms with Crippen LogP contribution in [0.15, 0.2) is 48.5 Å². The number of para-hydroxylation sites is 2. The molecule has 23 heavy (non-hydrogen) atoms. The number of benzene rings is 2. The molecule has 0 unspecified atom stereocenters. The molecule has 0 saturated heterocycles. The van der Waals surface area contributed by atoms with Crippen molar-refractivity contribution in [2.75, 3.05) is 11.5 Å². The van der Waals surface area contributed by atoms with Crippen LogP contribution in [-0.4, -0.2) is 5.92 Å². The number of nitrogens with two attached hydrogens (primary N) is 2. The zero-order valence-corrected chi connectivity index (χ0v) is 11.5. The third kappa shape index (κ3) is 2.47. The molecule has 0 aliphatic rings. The van der Waals surface area contributed by atoms with Crippen LogP contribution in [0.2, 0.25) is 0 Å². The lowest BCUT2D eigenvalue weighted by Crippen LogP contribution is -2.51. The molecule has 0 bridgehead atoms. The van der Waals surface area contributed by atoms with E-state index in [1.165, 1.54) is 12.1 Å². The van der Waals surface area contributed by atoms with E-state index in [1.807, 2.05) is 0 Å². The summed E-state index contributed by atoms with van der Waals surface area (Å²) in [6.07, 6.45) is 0. The lowest BCUT2D eigenvalue weighted by molar-refractivity contribution is -0.320. The highest BCUT2D eigenvalue weighted by Gasteiger charge is 2.73. The van der Waals surface area contributed by atoms with E-state index in [1.54, 1.807) is 0 Å². The Balaban J connectivity index is 2.60. The number of rotatable bonds is 4. The van der Waals surface area contributed by atoms with Crippen molar-refractivity contribution < 1.29 is 26.3 Å². The van der Waals surface area contributed by atoms with Gasteiger partial charge >= 0.3 is 17.8 Å². The molecule has 0 amide bonds. The van der Waals surface area contributed by atoms with Gasteiger partial charge in [0.25, 0.3) is 0 Å². The highest BCUT2D eigenvalue weighted by Crippen LogP contribution is 2.56. The summed E-state index contributed by atoms with van der Waals surface area (Å²) in [5.74, 6) is -16.2. The summed E-state index contributed by atoms with van der Waals surface area (Å²) in [5.41, 5.74) is 6.29. The molecular formula is C15H12F6N2. The summed E-state index contributed by atoms with van der Waals surface area (Å²) in [6.45, 7) is 0. The summed E-state index contributed by atoms with van der Waals surface area (Å²) >= 11 is 0. The highest BCUT2D eigenvalue weighted by molar-refractivity contribution is 5.53. The summed E-state index contributed by atoms with van der Waals surface area (Å²) < 4.78 is 84.8. The van der Waals surface area contributed by atoms with Crippen molar-refractivity contribution >= 4 is 11.4 Å². The predicted octanol–water partition coefficient (Wildman–Crippen LogP) is 4.37. The fourth-order valence-electron chi connectivity index (χ4n) is 2.10. The highest BCUT2D eigenvalue weighted by atomic mass is 19.3. The van der Waals surface area contributed by atoms with Gasteiger partial charge in [-0.05, 0) is 12.1 Å². The van der Waals surface area contributed by atoms with Gasteiger partial charge in [-0.1, -0.05) is 36.4 Å². The molecule has 0 aromatic heterocycles. The normalized spacial score (nSPS) is 13.1. The first-order valence-electron chi connectivity index (χ1n) is 6.37. The summed E-state index contributed by atoms with van der Waals surface area (Å²) in [5, 5.41) is 0. The van der Waals surface area contributed by atoms with E-state index in [0.717, 1.165) is 24.3 Å². The van der Waals surface area contributed by atoms with E-state index in [-0.39, 0.29) is 0 Å². The second-order valence-corrected chi connectivity index (χ2v) is 4.90. The predicted molar refractivity (Wildman–Crippen MR) is 74.4 cm³/mol.